The van der Waals surface area contributed by atoms with E-state index in [-0.39, 0.29) is 21.6 Å². The van der Waals surface area contributed by atoms with Crippen LogP contribution in [0.4, 0.5) is 0 Å². The fraction of sp³-hybridized carbons (Fsp3) is 0.235. The molecule has 0 atom stereocenters. The summed E-state index contributed by atoms with van der Waals surface area (Å²) in [5, 5.41) is 3.74. The predicted octanol–water partition coefficient (Wildman–Crippen LogP) is 1.96. The van der Waals surface area contributed by atoms with Gasteiger partial charge in [0.1, 0.15) is 16.4 Å². The number of rotatable bonds is 9. The van der Waals surface area contributed by atoms with Crippen LogP contribution in [0.15, 0.2) is 52.5 Å². The largest absolute Gasteiger partial charge is 0.493 e. The Balaban J connectivity index is 2.02. The minimum absolute atomic E-state index is 0.0453. The zero-order chi connectivity index (χ0) is 19.9. The average Bonchev–Trinajstić information content (AvgIpc) is 2.57. The van der Waals surface area contributed by atoms with Gasteiger partial charge in [-0.2, -0.15) is 8.42 Å². The van der Waals surface area contributed by atoms with Crippen molar-refractivity contribution in [2.24, 2.45) is 16.6 Å². The zero-order valence-corrected chi connectivity index (χ0v) is 16.3. The maximum atomic E-state index is 12.4. The molecule has 0 aliphatic heterocycles. The molecule has 0 aliphatic rings. The molecule has 0 spiro atoms. The second kappa shape index (κ2) is 9.33. The van der Waals surface area contributed by atoms with Crippen molar-refractivity contribution < 1.29 is 17.3 Å². The molecule has 0 saturated carbocycles. The highest BCUT2D eigenvalue weighted by molar-refractivity contribution is 7.87. The number of hydrogen-bond donors (Lipinski definition) is 3. The van der Waals surface area contributed by atoms with Gasteiger partial charge in [0.25, 0.3) is 0 Å². The summed E-state index contributed by atoms with van der Waals surface area (Å²) in [6.45, 7) is 2.71. The summed E-state index contributed by atoms with van der Waals surface area (Å²) >= 11 is 5.95. The lowest BCUT2D eigenvalue weighted by Gasteiger charge is -2.12. The van der Waals surface area contributed by atoms with E-state index in [1.54, 1.807) is 24.3 Å². The summed E-state index contributed by atoms with van der Waals surface area (Å²) in [7, 11) is -4.05. The van der Waals surface area contributed by atoms with Crippen LogP contribution in [-0.2, 0) is 10.1 Å². The molecule has 5 N–H and O–H groups in total. The number of nitrogens with two attached hydrogens (primary N) is 2. The van der Waals surface area contributed by atoms with Crippen LogP contribution >= 0.6 is 11.6 Å². The number of nitrogens with zero attached hydrogens (tertiary/aromatic N) is 1. The van der Waals surface area contributed by atoms with E-state index in [1.165, 1.54) is 18.2 Å². The van der Waals surface area contributed by atoms with Gasteiger partial charge in [-0.15, -0.1) is 5.10 Å². The van der Waals surface area contributed by atoms with Crippen LogP contribution in [0.2, 0.25) is 5.02 Å². The van der Waals surface area contributed by atoms with Gasteiger partial charge in [0.2, 0.25) is 5.96 Å². The van der Waals surface area contributed by atoms with Crippen molar-refractivity contribution in [3.05, 3.63) is 53.1 Å². The second-order valence-electron chi connectivity index (χ2n) is 5.60. The molecule has 0 bridgehead atoms. The van der Waals surface area contributed by atoms with Crippen LogP contribution in [0.1, 0.15) is 12.0 Å². The molecule has 2 rings (SSSR count). The molecule has 27 heavy (non-hydrogen) atoms. The molecule has 0 aromatic heterocycles. The highest BCUT2D eigenvalue weighted by Gasteiger charge is 2.20. The number of hydrogen-bond acceptors (Lipinski definition) is 6. The van der Waals surface area contributed by atoms with Crippen molar-refractivity contribution >= 4 is 27.7 Å². The summed E-state index contributed by atoms with van der Waals surface area (Å²) < 4.78 is 35.7. The quantitative estimate of drug-likeness (QED) is 0.189. The Morgan fingerprint density at radius 3 is 2.59 bits per heavy atom. The first-order valence-corrected chi connectivity index (χ1v) is 9.81. The Hall–Kier alpha value is -2.65. The van der Waals surface area contributed by atoms with Crippen molar-refractivity contribution in [3.63, 3.8) is 0 Å². The molecule has 0 fully saturated rings. The lowest BCUT2D eigenvalue weighted by Crippen LogP contribution is -2.27. The fourth-order valence-electron chi connectivity index (χ4n) is 2.15. The smallest absolute Gasteiger partial charge is 0.340 e. The van der Waals surface area contributed by atoms with Crippen LogP contribution in [0.25, 0.3) is 0 Å². The molecule has 0 amide bonds. The normalized spacial score (nSPS) is 10.9. The standard InChI is InChI=1S/C17H21ClN4O4S/c1-12-9-13(25-8-4-7-21-22-17(19)20)11-14(10-12)26-27(23,24)16-6-3-2-5-15(16)18/h2-3,5-6,9-11,21H,4,7-8H2,1H3,(H4,19,20,22). The summed E-state index contributed by atoms with van der Waals surface area (Å²) in [4.78, 5) is -0.0959. The van der Waals surface area contributed by atoms with Gasteiger partial charge in [-0.3, -0.25) is 0 Å². The number of halogens is 1. The van der Waals surface area contributed by atoms with E-state index >= 15 is 0 Å². The Kier molecular flexibility index (Phi) is 7.14. The van der Waals surface area contributed by atoms with E-state index in [2.05, 4.69) is 10.5 Å². The third-order valence-corrected chi connectivity index (χ3v) is 4.99. The minimum Gasteiger partial charge on any atom is -0.493 e. The maximum absolute atomic E-state index is 12.4. The van der Waals surface area contributed by atoms with Crippen LogP contribution in [0.5, 0.6) is 11.5 Å². The number of ether oxygens (including phenoxy) is 1. The van der Waals surface area contributed by atoms with Gasteiger partial charge in [0, 0.05) is 19.0 Å². The van der Waals surface area contributed by atoms with E-state index in [1.807, 2.05) is 6.92 Å². The van der Waals surface area contributed by atoms with Gasteiger partial charge in [0.05, 0.1) is 11.6 Å². The van der Waals surface area contributed by atoms with Crippen LogP contribution < -0.4 is 25.8 Å². The van der Waals surface area contributed by atoms with Crippen molar-refractivity contribution in [2.45, 2.75) is 18.2 Å². The molecule has 0 radical (unpaired) electrons. The molecule has 10 heteroatoms. The Morgan fingerprint density at radius 1 is 1.19 bits per heavy atom. The second-order valence-corrected chi connectivity index (χ2v) is 7.52. The zero-order valence-electron chi connectivity index (χ0n) is 14.7. The summed E-state index contributed by atoms with van der Waals surface area (Å²) in [5.41, 5.74) is 13.9. The Bertz CT molecular complexity index is 915. The molecule has 0 unspecified atom stereocenters. The highest BCUT2D eigenvalue weighted by atomic mass is 35.5. The number of benzene rings is 2. The maximum Gasteiger partial charge on any atom is 0.340 e. The lowest BCUT2D eigenvalue weighted by molar-refractivity contribution is 0.307. The summed E-state index contributed by atoms with van der Waals surface area (Å²) in [6.07, 6.45) is 0.638. The molecule has 0 saturated heterocycles. The summed E-state index contributed by atoms with van der Waals surface area (Å²) in [6, 6.07) is 11.0. The van der Waals surface area contributed by atoms with Crippen LogP contribution in [0.3, 0.4) is 0 Å². The van der Waals surface area contributed by atoms with Crippen LogP contribution in [0, 0.1) is 6.92 Å². The monoisotopic (exact) mass is 412 g/mol. The number of aryl methyl sites for hydroxylation is 1. The SMILES string of the molecule is Cc1cc(OCCCNN=C(N)N)cc(OS(=O)(=O)c2ccccc2Cl)c1. The average molecular weight is 413 g/mol. The number of guanidine groups is 1. The van der Waals surface area contributed by atoms with Crippen LogP contribution in [-0.4, -0.2) is 27.5 Å². The molecular weight excluding hydrogens is 392 g/mol. The molecule has 0 aliphatic carbocycles. The number of nitrogens with one attached hydrogen (secondary N) is 1. The van der Waals surface area contributed by atoms with Gasteiger partial charge in [0.15, 0.2) is 0 Å². The van der Waals surface area contributed by atoms with E-state index in [0.29, 0.717) is 25.3 Å². The van der Waals surface area contributed by atoms with E-state index in [9.17, 15) is 8.42 Å². The van der Waals surface area contributed by atoms with Crippen molar-refractivity contribution in [1.29, 1.82) is 0 Å². The van der Waals surface area contributed by atoms with Gasteiger partial charge in [-0.1, -0.05) is 23.7 Å². The van der Waals surface area contributed by atoms with Gasteiger partial charge in [-0.05, 0) is 36.8 Å². The highest BCUT2D eigenvalue weighted by Crippen LogP contribution is 2.28. The topological polar surface area (TPSA) is 129 Å². The van der Waals surface area contributed by atoms with E-state index in [4.69, 9.17) is 32.0 Å². The first-order chi connectivity index (χ1) is 12.8. The van der Waals surface area contributed by atoms with Gasteiger partial charge < -0.3 is 25.8 Å². The summed E-state index contributed by atoms with van der Waals surface area (Å²) in [5.74, 6) is 0.584. The first kappa shape index (κ1) is 20.7. The molecule has 0 heterocycles. The minimum atomic E-state index is -4.05. The third kappa shape index (κ3) is 6.54. The van der Waals surface area contributed by atoms with Crippen molar-refractivity contribution in [3.8, 4) is 11.5 Å². The van der Waals surface area contributed by atoms with Crippen molar-refractivity contribution in [2.75, 3.05) is 13.2 Å². The Labute approximate surface area is 163 Å². The Morgan fingerprint density at radius 2 is 1.89 bits per heavy atom. The number of hydrazone groups is 1. The van der Waals surface area contributed by atoms with E-state index < -0.39 is 10.1 Å². The third-order valence-electron chi connectivity index (χ3n) is 3.25. The molecule has 146 valence electrons. The van der Waals surface area contributed by atoms with Gasteiger partial charge in [-0.25, -0.2) is 0 Å². The van der Waals surface area contributed by atoms with Crippen molar-refractivity contribution in [1.82, 2.24) is 5.43 Å². The predicted molar refractivity (Wildman–Crippen MR) is 104 cm³/mol. The molecule has 2 aromatic carbocycles. The molecule has 8 nitrogen and oxygen atoms in total. The lowest BCUT2D eigenvalue weighted by atomic mass is 10.2. The molecule has 2 aromatic rings. The van der Waals surface area contributed by atoms with Gasteiger partial charge >= 0.3 is 10.1 Å². The first-order valence-electron chi connectivity index (χ1n) is 8.03. The van der Waals surface area contributed by atoms with E-state index in [0.717, 1.165) is 5.56 Å². The fourth-order valence-corrected chi connectivity index (χ4v) is 3.56. The molecular formula is C17H21ClN4O4S.